The van der Waals surface area contributed by atoms with Gasteiger partial charge in [0.25, 0.3) is 5.56 Å². The highest BCUT2D eigenvalue weighted by Gasteiger charge is 2.20. The first-order valence-electron chi connectivity index (χ1n) is 10.9. The molecule has 6 nitrogen and oxygen atoms in total. The topological polar surface area (TPSA) is 65.4 Å². The molecular formula is C26H24FN3O3. The molecule has 1 aromatic heterocycles. The van der Waals surface area contributed by atoms with Gasteiger partial charge in [-0.25, -0.2) is 9.37 Å². The smallest absolute Gasteiger partial charge is 0.261 e. The lowest BCUT2D eigenvalue weighted by molar-refractivity contribution is 0.0178. The van der Waals surface area contributed by atoms with Crippen molar-refractivity contribution >= 4 is 10.9 Å². The van der Waals surface area contributed by atoms with E-state index in [1.165, 1.54) is 12.1 Å². The molecule has 1 fully saturated rings. The Balaban J connectivity index is 1.61. The zero-order valence-electron chi connectivity index (χ0n) is 18.3. The van der Waals surface area contributed by atoms with Crippen molar-refractivity contribution in [2.45, 2.75) is 19.6 Å². The fraction of sp³-hybridized carbons (Fsp3) is 0.231. The van der Waals surface area contributed by atoms with Crippen molar-refractivity contribution in [3.8, 4) is 22.9 Å². The van der Waals surface area contributed by atoms with Crippen molar-refractivity contribution in [1.82, 2.24) is 14.9 Å². The number of aromatic nitrogens is 2. The Kier molecular flexibility index (Phi) is 5.90. The summed E-state index contributed by atoms with van der Waals surface area (Å²) < 4.78 is 26.6. The quantitative estimate of drug-likeness (QED) is 0.497. The number of hydrogen-bond donors (Lipinski definition) is 1. The van der Waals surface area contributed by atoms with Crippen LogP contribution in [0.4, 0.5) is 4.39 Å². The van der Waals surface area contributed by atoms with Gasteiger partial charge < -0.3 is 14.8 Å². The highest BCUT2D eigenvalue weighted by molar-refractivity contribution is 5.81. The lowest BCUT2D eigenvalue weighted by Crippen LogP contribution is -2.42. The monoisotopic (exact) mass is 445 g/mol. The van der Waals surface area contributed by atoms with E-state index in [0.29, 0.717) is 47.9 Å². The molecule has 1 atom stereocenters. The summed E-state index contributed by atoms with van der Waals surface area (Å²) >= 11 is 0. The van der Waals surface area contributed by atoms with Crippen LogP contribution < -0.4 is 15.6 Å². The molecule has 2 heterocycles. The van der Waals surface area contributed by atoms with Gasteiger partial charge in [-0.2, -0.15) is 0 Å². The van der Waals surface area contributed by atoms with Crippen LogP contribution in [0.5, 0.6) is 11.5 Å². The third kappa shape index (κ3) is 4.51. The molecule has 0 spiro atoms. The molecule has 1 N–H and O–H groups in total. The van der Waals surface area contributed by atoms with Crippen LogP contribution in [0.1, 0.15) is 5.56 Å². The second-order valence-electron chi connectivity index (χ2n) is 8.10. The van der Waals surface area contributed by atoms with Crippen molar-refractivity contribution in [3.63, 3.8) is 0 Å². The summed E-state index contributed by atoms with van der Waals surface area (Å²) in [6.07, 6.45) is -0.128. The standard InChI is InChI=1S/C26H24FN3O3/c1-17-4-2-3-5-22(17)25-29-24-11-10-20(33-19-8-6-18(27)7-9-19)14-23(24)26(31)30(25)16-21-15-28-12-13-32-21/h2-11,14,21,28H,12-13,15-16H2,1H3. The van der Waals surface area contributed by atoms with E-state index in [2.05, 4.69) is 5.32 Å². The summed E-state index contributed by atoms with van der Waals surface area (Å²) in [5.74, 6) is 1.25. The number of hydrogen-bond acceptors (Lipinski definition) is 5. The van der Waals surface area contributed by atoms with Crippen molar-refractivity contribution in [3.05, 3.63) is 88.5 Å². The number of fused-ring (bicyclic) bond motifs is 1. The molecule has 1 aliphatic heterocycles. The van der Waals surface area contributed by atoms with Crippen LogP contribution >= 0.6 is 0 Å². The minimum Gasteiger partial charge on any atom is -0.457 e. The fourth-order valence-electron chi connectivity index (χ4n) is 4.04. The third-order valence-corrected chi connectivity index (χ3v) is 5.75. The van der Waals surface area contributed by atoms with Crippen molar-refractivity contribution in [2.75, 3.05) is 19.7 Å². The van der Waals surface area contributed by atoms with Gasteiger partial charge in [-0.1, -0.05) is 24.3 Å². The second-order valence-corrected chi connectivity index (χ2v) is 8.10. The molecule has 0 radical (unpaired) electrons. The van der Waals surface area contributed by atoms with Gasteiger partial charge in [-0.3, -0.25) is 9.36 Å². The SMILES string of the molecule is Cc1ccccc1-c1nc2ccc(Oc3ccc(F)cc3)cc2c(=O)n1CC1CNCCO1. The van der Waals surface area contributed by atoms with Gasteiger partial charge in [0, 0.05) is 18.7 Å². The van der Waals surface area contributed by atoms with Crippen LogP contribution in [0, 0.1) is 12.7 Å². The largest absolute Gasteiger partial charge is 0.457 e. The molecule has 1 saturated heterocycles. The summed E-state index contributed by atoms with van der Waals surface area (Å²) in [7, 11) is 0. The van der Waals surface area contributed by atoms with E-state index in [1.807, 2.05) is 31.2 Å². The van der Waals surface area contributed by atoms with Gasteiger partial charge in [0.1, 0.15) is 23.1 Å². The van der Waals surface area contributed by atoms with Crippen molar-refractivity contribution in [2.24, 2.45) is 0 Å². The first-order chi connectivity index (χ1) is 16.1. The molecule has 1 aliphatic rings. The van der Waals surface area contributed by atoms with Crippen LogP contribution in [0.15, 0.2) is 71.5 Å². The number of rotatable bonds is 5. The lowest BCUT2D eigenvalue weighted by atomic mass is 10.1. The van der Waals surface area contributed by atoms with Gasteiger partial charge in [-0.15, -0.1) is 0 Å². The molecule has 7 heteroatoms. The molecule has 0 aliphatic carbocycles. The normalized spacial score (nSPS) is 16.1. The number of nitrogens with one attached hydrogen (secondary N) is 1. The van der Waals surface area contributed by atoms with Gasteiger partial charge >= 0.3 is 0 Å². The number of morpholine rings is 1. The van der Waals surface area contributed by atoms with Gasteiger partial charge in [-0.05, 0) is 55.0 Å². The Morgan fingerprint density at radius 3 is 2.67 bits per heavy atom. The lowest BCUT2D eigenvalue weighted by Gasteiger charge is -2.25. The zero-order chi connectivity index (χ0) is 22.8. The molecule has 4 aromatic rings. The average Bonchev–Trinajstić information content (AvgIpc) is 2.84. The Hall–Kier alpha value is -3.55. The number of aryl methyl sites for hydroxylation is 1. The van der Waals surface area contributed by atoms with E-state index in [1.54, 1.807) is 34.9 Å². The van der Waals surface area contributed by atoms with Crippen LogP contribution in [0.3, 0.4) is 0 Å². The minimum atomic E-state index is -0.337. The maximum Gasteiger partial charge on any atom is 0.261 e. The van der Waals surface area contributed by atoms with Crippen LogP contribution in [0.2, 0.25) is 0 Å². The summed E-state index contributed by atoms with van der Waals surface area (Å²) in [6, 6.07) is 18.9. The molecule has 0 amide bonds. The van der Waals surface area contributed by atoms with Crippen LogP contribution in [-0.2, 0) is 11.3 Å². The van der Waals surface area contributed by atoms with E-state index >= 15 is 0 Å². The second kappa shape index (κ2) is 9.13. The number of halogens is 1. The molecule has 0 bridgehead atoms. The molecule has 3 aromatic carbocycles. The predicted molar refractivity (Wildman–Crippen MR) is 125 cm³/mol. The molecule has 33 heavy (non-hydrogen) atoms. The summed E-state index contributed by atoms with van der Waals surface area (Å²) in [6.45, 7) is 4.48. The predicted octanol–water partition coefficient (Wildman–Crippen LogP) is 4.29. The highest BCUT2D eigenvalue weighted by atomic mass is 19.1. The Morgan fingerprint density at radius 2 is 1.91 bits per heavy atom. The van der Waals surface area contributed by atoms with E-state index in [4.69, 9.17) is 14.5 Å². The fourth-order valence-corrected chi connectivity index (χ4v) is 4.04. The molecule has 1 unspecified atom stereocenters. The first kappa shape index (κ1) is 21.3. The van der Waals surface area contributed by atoms with Crippen molar-refractivity contribution in [1.29, 1.82) is 0 Å². The number of ether oxygens (including phenoxy) is 2. The van der Waals surface area contributed by atoms with E-state index in [-0.39, 0.29) is 17.5 Å². The average molecular weight is 445 g/mol. The van der Waals surface area contributed by atoms with Crippen LogP contribution in [-0.4, -0.2) is 35.4 Å². The van der Waals surface area contributed by atoms with Gasteiger partial charge in [0.15, 0.2) is 0 Å². The maximum absolute atomic E-state index is 13.7. The maximum atomic E-state index is 13.7. The van der Waals surface area contributed by atoms with Crippen molar-refractivity contribution < 1.29 is 13.9 Å². The molecular weight excluding hydrogens is 421 g/mol. The van der Waals surface area contributed by atoms with E-state index < -0.39 is 0 Å². The summed E-state index contributed by atoms with van der Waals surface area (Å²) in [5.41, 5.74) is 2.38. The Labute approximate surface area is 190 Å². The third-order valence-electron chi connectivity index (χ3n) is 5.75. The first-order valence-corrected chi connectivity index (χ1v) is 10.9. The zero-order valence-corrected chi connectivity index (χ0v) is 18.3. The summed E-state index contributed by atoms with van der Waals surface area (Å²) in [4.78, 5) is 18.6. The van der Waals surface area contributed by atoms with E-state index in [0.717, 1.165) is 17.7 Å². The molecule has 168 valence electrons. The Bertz CT molecular complexity index is 1350. The highest BCUT2D eigenvalue weighted by Crippen LogP contribution is 2.27. The van der Waals surface area contributed by atoms with Crippen LogP contribution in [0.25, 0.3) is 22.3 Å². The molecule has 0 saturated carbocycles. The molecule has 5 rings (SSSR count). The van der Waals surface area contributed by atoms with Gasteiger partial charge in [0.2, 0.25) is 0 Å². The van der Waals surface area contributed by atoms with Gasteiger partial charge in [0.05, 0.1) is 30.2 Å². The Morgan fingerprint density at radius 1 is 1.12 bits per heavy atom. The van der Waals surface area contributed by atoms with E-state index in [9.17, 15) is 9.18 Å². The number of nitrogens with zero attached hydrogens (tertiary/aromatic N) is 2. The number of benzene rings is 3. The minimum absolute atomic E-state index is 0.128. The summed E-state index contributed by atoms with van der Waals surface area (Å²) in [5, 5.41) is 3.77.